The maximum absolute atomic E-state index is 4.74. The van der Waals surface area contributed by atoms with E-state index in [0.717, 1.165) is 11.0 Å². The van der Waals surface area contributed by atoms with Crippen molar-refractivity contribution in [2.24, 2.45) is 7.05 Å². The zero-order valence-electron chi connectivity index (χ0n) is 23.6. The zero-order chi connectivity index (χ0) is 26.0. The number of hydrogen-bond acceptors (Lipinski definition) is 0. The molecular weight excluding hydrogens is 513 g/mol. The van der Waals surface area contributed by atoms with Gasteiger partial charge in [0.25, 0.3) is 0 Å². The van der Waals surface area contributed by atoms with E-state index in [4.69, 9.17) is 4.98 Å². The summed E-state index contributed by atoms with van der Waals surface area (Å²) in [6, 6.07) is 30.3. The van der Waals surface area contributed by atoms with Crippen LogP contribution in [-0.2, 0) is 39.8 Å². The van der Waals surface area contributed by atoms with E-state index in [1.54, 1.807) is 0 Å². The Morgan fingerprint density at radius 1 is 0.472 bits per heavy atom. The Hall–Kier alpha value is -2.42. The van der Waals surface area contributed by atoms with Crippen molar-refractivity contribution >= 4 is 43.6 Å². The first-order valence-electron chi connectivity index (χ1n) is 13.2. The summed E-state index contributed by atoms with van der Waals surface area (Å²) in [5.74, 6) is 0. The van der Waals surface area contributed by atoms with Gasteiger partial charge in [-0.25, -0.2) is 0 Å². The number of nitrogens with zero attached hydrogens (tertiary/aromatic N) is 2. The average molecular weight is 555 g/mol. The molecule has 0 unspecified atom stereocenters. The molecule has 187 valence electrons. The van der Waals surface area contributed by atoms with Crippen molar-refractivity contribution in [3.05, 3.63) is 84.9 Å². The molecule has 0 bridgehead atoms. The molecule has 0 saturated carbocycles. The SMILES string of the molecule is CC.CC.CC.CC.Cn1c2ccccc2c2cc(-c3ccc4[n-]c5ccccc5c4c3)ccc21.[Y]. The number of hydrogen-bond donors (Lipinski definition) is 0. The van der Waals surface area contributed by atoms with Gasteiger partial charge in [-0.15, -0.1) is 11.0 Å². The third-order valence-electron chi connectivity index (χ3n) is 5.68. The Morgan fingerprint density at radius 3 is 1.61 bits per heavy atom. The van der Waals surface area contributed by atoms with Crippen molar-refractivity contribution in [1.29, 1.82) is 0 Å². The van der Waals surface area contributed by atoms with E-state index in [-0.39, 0.29) is 32.7 Å². The van der Waals surface area contributed by atoms with Gasteiger partial charge in [-0.05, 0) is 46.2 Å². The molecule has 2 aromatic heterocycles. The normalized spacial score (nSPS) is 9.58. The summed E-state index contributed by atoms with van der Waals surface area (Å²) in [5.41, 5.74) is 7.13. The quantitative estimate of drug-likeness (QED) is 0.198. The first kappa shape index (κ1) is 31.6. The minimum absolute atomic E-state index is 0. The minimum Gasteiger partial charge on any atom is -0.657 e. The molecule has 0 aliphatic rings. The molecule has 0 aliphatic heterocycles. The van der Waals surface area contributed by atoms with Gasteiger partial charge in [0, 0.05) is 61.6 Å². The van der Waals surface area contributed by atoms with Crippen LogP contribution in [0.5, 0.6) is 0 Å². The predicted molar refractivity (Wildman–Crippen MR) is 160 cm³/mol. The molecule has 4 aromatic carbocycles. The average Bonchev–Trinajstić information content (AvgIpc) is 3.48. The summed E-state index contributed by atoms with van der Waals surface area (Å²) in [6.07, 6.45) is 0. The Bertz CT molecular complexity index is 1490. The molecule has 0 amide bonds. The third-order valence-corrected chi connectivity index (χ3v) is 5.68. The number of para-hydroxylation sites is 2. The molecule has 0 saturated heterocycles. The molecule has 0 atom stereocenters. The van der Waals surface area contributed by atoms with Gasteiger partial charge in [0.05, 0.1) is 0 Å². The number of rotatable bonds is 1. The fraction of sp³-hybridized carbons (Fsp3) is 0.273. The van der Waals surface area contributed by atoms with Crippen LogP contribution in [0.3, 0.4) is 0 Å². The molecule has 3 heteroatoms. The molecule has 6 rings (SSSR count). The van der Waals surface area contributed by atoms with Gasteiger partial charge in [-0.3, -0.25) is 0 Å². The van der Waals surface area contributed by atoms with Gasteiger partial charge in [0.15, 0.2) is 0 Å². The minimum atomic E-state index is 0. The summed E-state index contributed by atoms with van der Waals surface area (Å²) in [4.78, 5) is 4.74. The van der Waals surface area contributed by atoms with Gasteiger partial charge in [0.1, 0.15) is 0 Å². The van der Waals surface area contributed by atoms with E-state index >= 15 is 0 Å². The largest absolute Gasteiger partial charge is 0.657 e. The van der Waals surface area contributed by atoms with Crippen LogP contribution in [0.2, 0.25) is 0 Å². The molecule has 0 fully saturated rings. The van der Waals surface area contributed by atoms with Gasteiger partial charge < -0.3 is 9.55 Å². The van der Waals surface area contributed by atoms with Crippen molar-refractivity contribution in [1.82, 2.24) is 9.55 Å². The van der Waals surface area contributed by atoms with E-state index in [1.807, 2.05) is 61.5 Å². The predicted octanol–water partition coefficient (Wildman–Crippen LogP) is 10.4. The number of benzene rings is 4. The van der Waals surface area contributed by atoms with Crippen LogP contribution in [-0.4, -0.2) is 4.57 Å². The topological polar surface area (TPSA) is 19.0 Å². The fourth-order valence-corrected chi connectivity index (χ4v) is 4.30. The summed E-state index contributed by atoms with van der Waals surface area (Å²) in [5, 5.41) is 5.05. The van der Waals surface area contributed by atoms with E-state index in [9.17, 15) is 0 Å². The molecule has 2 heterocycles. The number of fused-ring (bicyclic) bond motifs is 6. The maximum atomic E-state index is 4.74. The van der Waals surface area contributed by atoms with Crippen molar-refractivity contribution in [2.45, 2.75) is 55.4 Å². The second kappa shape index (κ2) is 15.6. The summed E-state index contributed by atoms with van der Waals surface area (Å²) in [6.45, 7) is 16.0. The van der Waals surface area contributed by atoms with Crippen LogP contribution in [0, 0.1) is 0 Å². The molecule has 0 aliphatic carbocycles. The number of aryl methyl sites for hydroxylation is 1. The molecule has 6 aromatic rings. The summed E-state index contributed by atoms with van der Waals surface area (Å²) in [7, 11) is 2.14. The second-order valence-corrected chi connectivity index (χ2v) is 7.17. The van der Waals surface area contributed by atoms with Crippen molar-refractivity contribution < 1.29 is 32.7 Å². The van der Waals surface area contributed by atoms with Crippen LogP contribution in [0.25, 0.3) is 54.7 Å². The summed E-state index contributed by atoms with van der Waals surface area (Å²) < 4.78 is 2.27. The molecule has 1 radical (unpaired) electrons. The first-order valence-corrected chi connectivity index (χ1v) is 13.2. The van der Waals surface area contributed by atoms with E-state index in [2.05, 4.69) is 90.5 Å². The van der Waals surface area contributed by atoms with Crippen LogP contribution < -0.4 is 4.98 Å². The number of aromatic nitrogens is 2. The Labute approximate surface area is 243 Å². The fourth-order valence-electron chi connectivity index (χ4n) is 4.30. The summed E-state index contributed by atoms with van der Waals surface area (Å²) >= 11 is 0. The Balaban J connectivity index is 0.000000661. The standard InChI is InChI=1S/C25H17N2.4C2H6.Y/c1-27-24-9-5-3-7-19(24)21-15-17(11-13-25(21)27)16-10-12-23-20(14-16)18-6-2-4-8-22(18)26-23;4*1-2;/h2-15H,1H3;4*1-2H3;/q-1;;;;;. The van der Waals surface area contributed by atoms with Crippen molar-refractivity contribution in [2.75, 3.05) is 0 Å². The van der Waals surface area contributed by atoms with Crippen LogP contribution in [0.4, 0.5) is 0 Å². The monoisotopic (exact) mass is 554 g/mol. The molecular formula is C33H41N2Y-. The molecule has 0 N–H and O–H groups in total. The molecule has 0 spiro atoms. The van der Waals surface area contributed by atoms with E-state index in [0.29, 0.717) is 0 Å². The van der Waals surface area contributed by atoms with Gasteiger partial charge >= 0.3 is 0 Å². The van der Waals surface area contributed by atoms with E-state index in [1.165, 1.54) is 43.7 Å². The second-order valence-electron chi connectivity index (χ2n) is 7.17. The first-order chi connectivity index (χ1) is 17.3. The van der Waals surface area contributed by atoms with Crippen LogP contribution >= 0.6 is 0 Å². The zero-order valence-corrected chi connectivity index (χ0v) is 26.4. The van der Waals surface area contributed by atoms with Crippen molar-refractivity contribution in [3.63, 3.8) is 0 Å². The van der Waals surface area contributed by atoms with E-state index < -0.39 is 0 Å². The maximum Gasteiger partial charge on any atom is 0.0489 e. The smallest absolute Gasteiger partial charge is 0.0489 e. The third kappa shape index (κ3) is 6.10. The van der Waals surface area contributed by atoms with Gasteiger partial charge in [0.2, 0.25) is 0 Å². The Morgan fingerprint density at radius 2 is 0.944 bits per heavy atom. The van der Waals surface area contributed by atoms with Gasteiger partial charge in [-0.1, -0.05) is 116 Å². The van der Waals surface area contributed by atoms with Crippen molar-refractivity contribution in [3.8, 4) is 11.1 Å². The van der Waals surface area contributed by atoms with Crippen LogP contribution in [0.1, 0.15) is 55.4 Å². The Kier molecular flexibility index (Phi) is 13.7. The molecule has 2 nitrogen and oxygen atoms in total. The van der Waals surface area contributed by atoms with Crippen LogP contribution in [0.15, 0.2) is 84.9 Å². The molecule has 36 heavy (non-hydrogen) atoms. The van der Waals surface area contributed by atoms with Gasteiger partial charge in [-0.2, -0.15) is 0 Å².